The number of carbonyl (C=O) groups is 1. The number of aromatic nitrogens is 1. The molecule has 0 N–H and O–H groups in total. The lowest BCUT2D eigenvalue weighted by atomic mass is 10.1. The average Bonchev–Trinajstić information content (AvgIpc) is 2.51. The number of ether oxygens (including phenoxy) is 1. The predicted octanol–water partition coefficient (Wildman–Crippen LogP) is 2.88. The maximum atomic E-state index is 12.4. The number of para-hydroxylation sites is 1. The molecular weight excluding hydrogens is 276 g/mol. The molecule has 0 spiro atoms. The SMILES string of the molecule is CC1CN(C(=O)/C=C/c2cccc3cccnc23)CC(C)O1. The van der Waals surface area contributed by atoms with Crippen LogP contribution in [-0.4, -0.2) is 41.1 Å². The van der Waals surface area contributed by atoms with E-state index in [1.165, 1.54) is 0 Å². The van der Waals surface area contributed by atoms with Gasteiger partial charge < -0.3 is 9.64 Å². The van der Waals surface area contributed by atoms with Crippen molar-refractivity contribution in [3.8, 4) is 0 Å². The lowest BCUT2D eigenvalue weighted by Crippen LogP contribution is -2.47. The molecule has 4 heteroatoms. The highest BCUT2D eigenvalue weighted by atomic mass is 16.5. The Morgan fingerprint density at radius 1 is 1.23 bits per heavy atom. The van der Waals surface area contributed by atoms with Crippen LogP contribution in [0.15, 0.2) is 42.6 Å². The van der Waals surface area contributed by atoms with E-state index in [1.807, 2.05) is 55.2 Å². The number of hydrogen-bond donors (Lipinski definition) is 0. The van der Waals surface area contributed by atoms with Crippen molar-refractivity contribution in [3.63, 3.8) is 0 Å². The molecule has 1 fully saturated rings. The molecule has 0 saturated carbocycles. The highest BCUT2D eigenvalue weighted by Gasteiger charge is 2.24. The number of amides is 1. The number of morpholine rings is 1. The van der Waals surface area contributed by atoms with Gasteiger partial charge in [0.15, 0.2) is 0 Å². The zero-order chi connectivity index (χ0) is 15.5. The van der Waals surface area contributed by atoms with E-state index in [9.17, 15) is 4.79 Å². The van der Waals surface area contributed by atoms with Crippen LogP contribution in [0.1, 0.15) is 19.4 Å². The maximum Gasteiger partial charge on any atom is 0.246 e. The fraction of sp³-hybridized carbons (Fsp3) is 0.333. The van der Waals surface area contributed by atoms with Crippen LogP contribution < -0.4 is 0 Å². The Kier molecular flexibility index (Phi) is 4.20. The normalized spacial score (nSPS) is 22.4. The van der Waals surface area contributed by atoms with Crippen molar-refractivity contribution >= 4 is 22.9 Å². The van der Waals surface area contributed by atoms with E-state index in [4.69, 9.17) is 4.74 Å². The zero-order valence-corrected chi connectivity index (χ0v) is 12.9. The van der Waals surface area contributed by atoms with E-state index in [0.29, 0.717) is 13.1 Å². The number of pyridine rings is 1. The molecule has 1 aliphatic heterocycles. The molecule has 114 valence electrons. The molecule has 1 saturated heterocycles. The fourth-order valence-electron chi connectivity index (χ4n) is 2.89. The van der Waals surface area contributed by atoms with Gasteiger partial charge in [-0.15, -0.1) is 0 Å². The molecule has 3 rings (SSSR count). The molecule has 1 aliphatic rings. The van der Waals surface area contributed by atoms with Crippen LogP contribution in [-0.2, 0) is 9.53 Å². The Bertz CT molecular complexity index is 696. The predicted molar refractivity (Wildman–Crippen MR) is 87.4 cm³/mol. The van der Waals surface area contributed by atoms with Crippen LogP contribution >= 0.6 is 0 Å². The van der Waals surface area contributed by atoms with Gasteiger partial charge in [-0.25, -0.2) is 0 Å². The first-order valence-corrected chi connectivity index (χ1v) is 7.59. The molecule has 0 radical (unpaired) electrons. The molecule has 2 heterocycles. The van der Waals surface area contributed by atoms with Gasteiger partial charge in [0, 0.05) is 36.3 Å². The molecule has 2 atom stereocenters. The molecular formula is C18H20N2O2. The van der Waals surface area contributed by atoms with Gasteiger partial charge in [0.25, 0.3) is 0 Å². The first-order chi connectivity index (χ1) is 10.6. The highest BCUT2D eigenvalue weighted by Crippen LogP contribution is 2.18. The van der Waals surface area contributed by atoms with Crippen molar-refractivity contribution in [2.45, 2.75) is 26.1 Å². The van der Waals surface area contributed by atoms with Crippen LogP contribution in [0.25, 0.3) is 17.0 Å². The molecule has 0 bridgehead atoms. The standard InChI is InChI=1S/C18H20N2O2/c1-13-11-20(12-14(2)22-13)17(21)9-8-16-6-3-5-15-7-4-10-19-18(15)16/h3-10,13-14H,11-12H2,1-2H3/b9-8+. The second-order valence-corrected chi connectivity index (χ2v) is 5.76. The highest BCUT2D eigenvalue weighted by molar-refractivity contribution is 5.95. The molecule has 4 nitrogen and oxygen atoms in total. The Morgan fingerprint density at radius 2 is 1.95 bits per heavy atom. The molecule has 1 aromatic heterocycles. The Balaban J connectivity index is 1.79. The van der Waals surface area contributed by atoms with Crippen molar-refractivity contribution in [1.29, 1.82) is 0 Å². The van der Waals surface area contributed by atoms with Crippen LogP contribution in [0, 0.1) is 0 Å². The second kappa shape index (κ2) is 6.28. The summed E-state index contributed by atoms with van der Waals surface area (Å²) in [5, 5.41) is 1.07. The van der Waals surface area contributed by atoms with E-state index >= 15 is 0 Å². The van der Waals surface area contributed by atoms with Crippen molar-refractivity contribution in [2.75, 3.05) is 13.1 Å². The quantitative estimate of drug-likeness (QED) is 0.800. The fourth-order valence-corrected chi connectivity index (χ4v) is 2.89. The van der Waals surface area contributed by atoms with E-state index in [2.05, 4.69) is 4.98 Å². The van der Waals surface area contributed by atoms with Crippen molar-refractivity contribution < 1.29 is 9.53 Å². The summed E-state index contributed by atoms with van der Waals surface area (Å²) in [5.74, 6) is 0.0231. The number of nitrogens with zero attached hydrogens (tertiary/aromatic N) is 2. The minimum atomic E-state index is 0.0231. The first kappa shape index (κ1) is 14.7. The Hall–Kier alpha value is -2.20. The number of hydrogen-bond acceptors (Lipinski definition) is 3. The summed E-state index contributed by atoms with van der Waals surface area (Å²) in [4.78, 5) is 18.6. The molecule has 0 aliphatic carbocycles. The van der Waals surface area contributed by atoms with Crippen LogP contribution in [0.2, 0.25) is 0 Å². The topological polar surface area (TPSA) is 42.4 Å². The summed E-state index contributed by atoms with van der Waals surface area (Å²) < 4.78 is 5.66. The molecule has 1 amide bonds. The Morgan fingerprint density at radius 3 is 2.73 bits per heavy atom. The van der Waals surface area contributed by atoms with Gasteiger partial charge in [0.2, 0.25) is 5.91 Å². The van der Waals surface area contributed by atoms with E-state index < -0.39 is 0 Å². The summed E-state index contributed by atoms with van der Waals surface area (Å²) in [6.07, 6.45) is 5.42. The lowest BCUT2D eigenvalue weighted by Gasteiger charge is -2.34. The summed E-state index contributed by atoms with van der Waals surface area (Å²) in [7, 11) is 0. The Labute approximate surface area is 130 Å². The minimum absolute atomic E-state index is 0.0231. The number of fused-ring (bicyclic) bond motifs is 1. The third kappa shape index (κ3) is 3.17. The zero-order valence-electron chi connectivity index (χ0n) is 12.9. The van der Waals surface area contributed by atoms with Crippen molar-refractivity contribution in [2.24, 2.45) is 0 Å². The van der Waals surface area contributed by atoms with E-state index in [0.717, 1.165) is 16.5 Å². The largest absolute Gasteiger partial charge is 0.372 e. The summed E-state index contributed by atoms with van der Waals surface area (Å²) in [6, 6.07) is 9.91. The number of carbonyl (C=O) groups excluding carboxylic acids is 1. The van der Waals surface area contributed by atoms with Gasteiger partial charge in [-0.2, -0.15) is 0 Å². The lowest BCUT2D eigenvalue weighted by molar-refractivity contribution is -0.137. The van der Waals surface area contributed by atoms with E-state index in [1.54, 1.807) is 12.3 Å². The van der Waals surface area contributed by atoms with Crippen LogP contribution in [0.5, 0.6) is 0 Å². The van der Waals surface area contributed by atoms with Crippen molar-refractivity contribution in [1.82, 2.24) is 9.88 Å². The van der Waals surface area contributed by atoms with E-state index in [-0.39, 0.29) is 18.1 Å². The summed E-state index contributed by atoms with van der Waals surface area (Å²) >= 11 is 0. The minimum Gasteiger partial charge on any atom is -0.372 e. The first-order valence-electron chi connectivity index (χ1n) is 7.59. The molecule has 2 unspecified atom stereocenters. The second-order valence-electron chi connectivity index (χ2n) is 5.76. The summed E-state index contributed by atoms with van der Waals surface area (Å²) in [6.45, 7) is 5.27. The monoisotopic (exact) mass is 296 g/mol. The summed E-state index contributed by atoms with van der Waals surface area (Å²) in [5.41, 5.74) is 1.87. The third-order valence-electron chi connectivity index (χ3n) is 3.80. The number of benzene rings is 1. The smallest absolute Gasteiger partial charge is 0.246 e. The van der Waals surface area contributed by atoms with Crippen LogP contribution in [0.4, 0.5) is 0 Å². The molecule has 2 aromatic rings. The van der Waals surface area contributed by atoms with Gasteiger partial charge in [-0.3, -0.25) is 9.78 Å². The van der Waals surface area contributed by atoms with Gasteiger partial charge >= 0.3 is 0 Å². The van der Waals surface area contributed by atoms with Gasteiger partial charge in [0.05, 0.1) is 17.7 Å². The maximum absolute atomic E-state index is 12.4. The average molecular weight is 296 g/mol. The van der Waals surface area contributed by atoms with Gasteiger partial charge in [-0.05, 0) is 26.0 Å². The molecule has 1 aromatic carbocycles. The van der Waals surface area contributed by atoms with Crippen LogP contribution in [0.3, 0.4) is 0 Å². The van der Waals surface area contributed by atoms with Gasteiger partial charge in [-0.1, -0.05) is 24.3 Å². The third-order valence-corrected chi connectivity index (χ3v) is 3.80. The van der Waals surface area contributed by atoms with Crippen molar-refractivity contribution in [3.05, 3.63) is 48.2 Å². The van der Waals surface area contributed by atoms with Gasteiger partial charge in [0.1, 0.15) is 0 Å². The molecule has 22 heavy (non-hydrogen) atoms. The number of rotatable bonds is 2.